The van der Waals surface area contributed by atoms with Crippen molar-refractivity contribution in [3.8, 4) is 0 Å². The molecule has 0 heterocycles. The second-order valence-electron chi connectivity index (χ2n) is 6.07. The first-order chi connectivity index (χ1) is 8.61. The van der Waals surface area contributed by atoms with E-state index in [1.165, 1.54) is 12.1 Å². The van der Waals surface area contributed by atoms with E-state index in [9.17, 15) is 13.2 Å². The Morgan fingerprint density at radius 2 is 1.68 bits per heavy atom. The lowest BCUT2D eigenvalue weighted by molar-refractivity contribution is -0.138. The van der Waals surface area contributed by atoms with Crippen LogP contribution >= 0.6 is 0 Å². The summed E-state index contributed by atoms with van der Waals surface area (Å²) in [7, 11) is 0. The molecular formula is C15H22F3N. The first kappa shape index (κ1) is 16.0. The van der Waals surface area contributed by atoms with Crippen LogP contribution in [0.1, 0.15) is 51.3 Å². The number of rotatable bonds is 4. The van der Waals surface area contributed by atoms with Crippen LogP contribution in [0.4, 0.5) is 13.2 Å². The van der Waals surface area contributed by atoms with Gasteiger partial charge in [0.15, 0.2) is 0 Å². The van der Waals surface area contributed by atoms with Gasteiger partial charge < -0.3 is 5.32 Å². The molecule has 0 aliphatic heterocycles. The minimum Gasteiger partial charge on any atom is -0.310 e. The fraction of sp³-hybridized carbons (Fsp3) is 0.600. The molecule has 0 saturated heterocycles. The fourth-order valence-electron chi connectivity index (χ4n) is 1.91. The van der Waals surface area contributed by atoms with Crippen molar-refractivity contribution in [3.05, 3.63) is 35.4 Å². The van der Waals surface area contributed by atoms with Crippen LogP contribution in [0, 0.1) is 5.41 Å². The zero-order valence-electron chi connectivity index (χ0n) is 11.9. The Labute approximate surface area is 113 Å². The molecule has 1 rings (SSSR count). The van der Waals surface area contributed by atoms with Gasteiger partial charge in [-0.25, -0.2) is 0 Å². The highest BCUT2D eigenvalue weighted by molar-refractivity contribution is 5.32. The summed E-state index contributed by atoms with van der Waals surface area (Å²) < 4.78 is 38.7. The molecule has 1 nitrogen and oxygen atoms in total. The molecule has 0 bridgehead atoms. The third kappa shape index (κ3) is 5.23. The summed E-state index contributed by atoms with van der Waals surface area (Å²) in [5.74, 6) is 0. The number of alkyl halides is 3. The maximum absolute atomic E-state index is 12.9. The molecule has 4 heteroatoms. The van der Waals surface area contributed by atoms with Crippen molar-refractivity contribution in [2.24, 2.45) is 5.41 Å². The first-order valence-electron chi connectivity index (χ1n) is 6.51. The molecule has 1 unspecified atom stereocenters. The van der Waals surface area contributed by atoms with E-state index in [-0.39, 0.29) is 11.5 Å². The molecule has 0 fully saturated rings. The van der Waals surface area contributed by atoms with Gasteiger partial charge in [0.25, 0.3) is 0 Å². The Bertz CT molecular complexity index is 405. The fourth-order valence-corrected chi connectivity index (χ4v) is 1.91. The van der Waals surface area contributed by atoms with Crippen LogP contribution in [-0.2, 0) is 6.18 Å². The number of halogens is 3. The third-order valence-corrected chi connectivity index (χ3v) is 3.06. The number of nitrogens with one attached hydrogen (secondary N) is 1. The Morgan fingerprint density at radius 1 is 1.11 bits per heavy atom. The Hall–Kier alpha value is -1.03. The van der Waals surface area contributed by atoms with Gasteiger partial charge in [0.2, 0.25) is 0 Å². The van der Waals surface area contributed by atoms with Crippen molar-refractivity contribution < 1.29 is 13.2 Å². The minimum absolute atomic E-state index is 0.177. The molecule has 1 atom stereocenters. The zero-order valence-corrected chi connectivity index (χ0v) is 11.9. The van der Waals surface area contributed by atoms with Gasteiger partial charge >= 0.3 is 6.18 Å². The van der Waals surface area contributed by atoms with Crippen molar-refractivity contribution in [1.82, 2.24) is 5.32 Å². The summed E-state index contributed by atoms with van der Waals surface area (Å²) >= 11 is 0. The predicted molar refractivity (Wildman–Crippen MR) is 71.9 cm³/mol. The van der Waals surface area contributed by atoms with Crippen LogP contribution in [0.5, 0.6) is 0 Å². The molecule has 0 radical (unpaired) electrons. The average Bonchev–Trinajstić information content (AvgIpc) is 2.26. The summed E-state index contributed by atoms with van der Waals surface area (Å²) in [5, 5.41) is 3.17. The maximum atomic E-state index is 12.9. The molecule has 0 aromatic heterocycles. The van der Waals surface area contributed by atoms with Gasteiger partial charge in [-0.15, -0.1) is 0 Å². The minimum atomic E-state index is -4.30. The molecule has 0 saturated carbocycles. The smallest absolute Gasteiger partial charge is 0.310 e. The Balaban J connectivity index is 2.75. The lowest BCUT2D eigenvalue weighted by Gasteiger charge is -2.22. The Morgan fingerprint density at radius 3 is 2.21 bits per heavy atom. The largest absolute Gasteiger partial charge is 0.416 e. The lowest BCUT2D eigenvalue weighted by atomic mass is 9.92. The van der Waals surface area contributed by atoms with Gasteiger partial charge in [0, 0.05) is 6.04 Å². The summed E-state index contributed by atoms with van der Waals surface area (Å²) in [4.78, 5) is 0. The van der Waals surface area contributed by atoms with E-state index in [4.69, 9.17) is 0 Å². The van der Waals surface area contributed by atoms with E-state index in [1.807, 2.05) is 0 Å². The SMILES string of the molecule is CC(NCCC(C)(C)C)c1ccccc1C(F)(F)F. The average molecular weight is 273 g/mol. The molecular weight excluding hydrogens is 251 g/mol. The van der Waals surface area contributed by atoms with Crippen LogP contribution in [0.3, 0.4) is 0 Å². The second-order valence-corrected chi connectivity index (χ2v) is 6.07. The quantitative estimate of drug-likeness (QED) is 0.831. The van der Waals surface area contributed by atoms with Crippen molar-refractivity contribution in [1.29, 1.82) is 0 Å². The van der Waals surface area contributed by atoms with Gasteiger partial charge in [-0.3, -0.25) is 0 Å². The molecule has 1 aromatic carbocycles. The molecule has 1 aromatic rings. The van der Waals surface area contributed by atoms with Gasteiger partial charge in [0.05, 0.1) is 5.56 Å². The van der Waals surface area contributed by atoms with E-state index in [2.05, 4.69) is 26.1 Å². The van der Waals surface area contributed by atoms with Crippen LogP contribution in [0.15, 0.2) is 24.3 Å². The summed E-state index contributed by atoms with van der Waals surface area (Å²) in [5.41, 5.74) is -0.0642. The second kappa shape index (κ2) is 5.95. The predicted octanol–water partition coefficient (Wildman–Crippen LogP) is 4.79. The highest BCUT2D eigenvalue weighted by Crippen LogP contribution is 2.34. The van der Waals surface area contributed by atoms with Crippen LogP contribution < -0.4 is 5.32 Å². The zero-order chi connectivity index (χ0) is 14.7. The van der Waals surface area contributed by atoms with Gasteiger partial charge in [-0.1, -0.05) is 39.0 Å². The standard InChI is InChI=1S/C15H22F3N/c1-11(19-10-9-14(2,3)4)12-7-5-6-8-13(12)15(16,17)18/h5-8,11,19H,9-10H2,1-4H3. The van der Waals surface area contributed by atoms with E-state index in [0.717, 1.165) is 12.5 Å². The van der Waals surface area contributed by atoms with Crippen molar-refractivity contribution in [2.75, 3.05) is 6.54 Å². The molecule has 19 heavy (non-hydrogen) atoms. The van der Waals surface area contributed by atoms with Crippen molar-refractivity contribution in [2.45, 2.75) is 46.3 Å². The summed E-state index contributed by atoms with van der Waals surface area (Å²) in [6, 6.07) is 5.44. The van der Waals surface area contributed by atoms with Gasteiger partial charge in [-0.2, -0.15) is 13.2 Å². The highest BCUT2D eigenvalue weighted by Gasteiger charge is 2.34. The van der Waals surface area contributed by atoms with Crippen LogP contribution in [0.2, 0.25) is 0 Å². The van der Waals surface area contributed by atoms with E-state index in [1.54, 1.807) is 13.0 Å². The third-order valence-electron chi connectivity index (χ3n) is 3.06. The summed E-state index contributed by atoms with van der Waals surface area (Å²) in [6.45, 7) is 8.82. The maximum Gasteiger partial charge on any atom is 0.416 e. The number of hydrogen-bond donors (Lipinski definition) is 1. The molecule has 0 aliphatic rings. The molecule has 0 aliphatic carbocycles. The van der Waals surface area contributed by atoms with E-state index >= 15 is 0 Å². The molecule has 0 spiro atoms. The highest BCUT2D eigenvalue weighted by atomic mass is 19.4. The molecule has 0 amide bonds. The first-order valence-corrected chi connectivity index (χ1v) is 6.51. The van der Waals surface area contributed by atoms with E-state index in [0.29, 0.717) is 12.1 Å². The number of benzene rings is 1. The van der Waals surface area contributed by atoms with Crippen molar-refractivity contribution >= 4 is 0 Å². The molecule has 1 N–H and O–H groups in total. The van der Waals surface area contributed by atoms with Gasteiger partial charge in [0.1, 0.15) is 0 Å². The summed E-state index contributed by atoms with van der Waals surface area (Å²) in [6.07, 6.45) is -3.37. The van der Waals surface area contributed by atoms with Gasteiger partial charge in [-0.05, 0) is 36.9 Å². The Kier molecular flexibility index (Phi) is 5.02. The van der Waals surface area contributed by atoms with Crippen LogP contribution in [0.25, 0.3) is 0 Å². The lowest BCUT2D eigenvalue weighted by Crippen LogP contribution is -2.25. The van der Waals surface area contributed by atoms with Crippen molar-refractivity contribution in [3.63, 3.8) is 0 Å². The molecule has 108 valence electrons. The number of hydrogen-bond acceptors (Lipinski definition) is 1. The monoisotopic (exact) mass is 273 g/mol. The van der Waals surface area contributed by atoms with Crippen LogP contribution in [-0.4, -0.2) is 6.54 Å². The topological polar surface area (TPSA) is 12.0 Å². The normalized spacial score (nSPS) is 14.5. The van der Waals surface area contributed by atoms with E-state index < -0.39 is 11.7 Å².